The number of nitrogens with zero attached hydrogens (tertiary/aromatic N) is 1. The molecule has 0 heterocycles. The highest BCUT2D eigenvalue weighted by Crippen LogP contribution is 2.24. The molecule has 0 bridgehead atoms. The third kappa shape index (κ3) is 5.34. The van der Waals surface area contributed by atoms with Crippen molar-refractivity contribution in [3.05, 3.63) is 28.8 Å². The SMILES string of the molecule is CCCCCCCCOc1c(C)cc(C#N)cc1C. The topological polar surface area (TPSA) is 33.0 Å². The summed E-state index contributed by atoms with van der Waals surface area (Å²) in [6, 6.07) is 5.96. The fourth-order valence-corrected chi connectivity index (χ4v) is 2.30. The summed E-state index contributed by atoms with van der Waals surface area (Å²) in [6.07, 6.45) is 7.64. The number of hydrogen-bond acceptors (Lipinski definition) is 2. The molecular formula is C17H25NO. The Labute approximate surface area is 117 Å². The average Bonchev–Trinajstić information content (AvgIpc) is 2.40. The maximum atomic E-state index is 8.90. The first-order chi connectivity index (χ1) is 9.19. The summed E-state index contributed by atoms with van der Waals surface area (Å²) in [6.45, 7) is 7.02. The number of aryl methyl sites for hydroxylation is 2. The van der Waals surface area contributed by atoms with Gasteiger partial charge in [-0.1, -0.05) is 39.0 Å². The van der Waals surface area contributed by atoms with Crippen LogP contribution in [-0.2, 0) is 0 Å². The van der Waals surface area contributed by atoms with Gasteiger partial charge >= 0.3 is 0 Å². The van der Waals surface area contributed by atoms with Gasteiger partial charge in [0.2, 0.25) is 0 Å². The maximum Gasteiger partial charge on any atom is 0.125 e. The molecule has 0 amide bonds. The lowest BCUT2D eigenvalue weighted by Crippen LogP contribution is -2.01. The van der Waals surface area contributed by atoms with Gasteiger partial charge in [-0.05, 0) is 43.5 Å². The predicted molar refractivity (Wildman–Crippen MR) is 79.5 cm³/mol. The molecule has 104 valence electrons. The lowest BCUT2D eigenvalue weighted by Gasteiger charge is -2.12. The van der Waals surface area contributed by atoms with E-state index in [1.807, 2.05) is 26.0 Å². The highest BCUT2D eigenvalue weighted by molar-refractivity contribution is 5.47. The first kappa shape index (κ1) is 15.6. The molecule has 0 saturated carbocycles. The minimum Gasteiger partial charge on any atom is -0.493 e. The second-order valence-electron chi connectivity index (χ2n) is 5.17. The van der Waals surface area contributed by atoms with Crippen LogP contribution in [0.25, 0.3) is 0 Å². The summed E-state index contributed by atoms with van der Waals surface area (Å²) in [5.41, 5.74) is 2.83. The molecule has 19 heavy (non-hydrogen) atoms. The van der Waals surface area contributed by atoms with Crippen LogP contribution in [-0.4, -0.2) is 6.61 Å². The smallest absolute Gasteiger partial charge is 0.125 e. The molecular weight excluding hydrogens is 234 g/mol. The highest BCUT2D eigenvalue weighted by Gasteiger charge is 2.06. The molecule has 0 N–H and O–H groups in total. The normalized spacial score (nSPS) is 10.2. The molecule has 2 heteroatoms. The van der Waals surface area contributed by atoms with Crippen molar-refractivity contribution in [2.45, 2.75) is 59.3 Å². The Kier molecular flexibility index (Phi) is 7.03. The van der Waals surface area contributed by atoms with E-state index in [0.29, 0.717) is 5.56 Å². The highest BCUT2D eigenvalue weighted by atomic mass is 16.5. The Morgan fingerprint density at radius 3 is 2.16 bits per heavy atom. The summed E-state index contributed by atoms with van der Waals surface area (Å²) in [7, 11) is 0. The molecule has 0 aliphatic heterocycles. The maximum absolute atomic E-state index is 8.90. The Morgan fingerprint density at radius 2 is 1.58 bits per heavy atom. The first-order valence-corrected chi connectivity index (χ1v) is 7.33. The molecule has 0 saturated heterocycles. The van der Waals surface area contributed by atoms with Crippen molar-refractivity contribution in [2.24, 2.45) is 0 Å². The van der Waals surface area contributed by atoms with Crippen molar-refractivity contribution in [1.82, 2.24) is 0 Å². The lowest BCUT2D eigenvalue weighted by molar-refractivity contribution is 0.300. The van der Waals surface area contributed by atoms with E-state index < -0.39 is 0 Å². The molecule has 0 radical (unpaired) electrons. The lowest BCUT2D eigenvalue weighted by atomic mass is 10.1. The fourth-order valence-electron chi connectivity index (χ4n) is 2.30. The first-order valence-electron chi connectivity index (χ1n) is 7.33. The molecule has 0 aromatic heterocycles. The number of nitriles is 1. The molecule has 1 aromatic carbocycles. The van der Waals surface area contributed by atoms with Crippen LogP contribution in [0.1, 0.15) is 62.1 Å². The quantitative estimate of drug-likeness (QED) is 0.621. The molecule has 2 nitrogen and oxygen atoms in total. The number of hydrogen-bond donors (Lipinski definition) is 0. The van der Waals surface area contributed by atoms with Crippen LogP contribution >= 0.6 is 0 Å². The number of ether oxygens (including phenoxy) is 1. The van der Waals surface area contributed by atoms with Crippen molar-refractivity contribution < 1.29 is 4.74 Å². The Bertz CT molecular complexity index is 408. The summed E-state index contributed by atoms with van der Waals surface area (Å²) in [5.74, 6) is 0.951. The molecule has 0 aliphatic rings. The Morgan fingerprint density at radius 1 is 1.00 bits per heavy atom. The standard InChI is InChI=1S/C17H25NO/c1-4-5-6-7-8-9-10-19-17-14(2)11-16(13-18)12-15(17)3/h11-12H,4-10H2,1-3H3. The second kappa shape index (κ2) is 8.58. The average molecular weight is 259 g/mol. The Hall–Kier alpha value is -1.49. The third-order valence-corrected chi connectivity index (χ3v) is 3.33. The van der Waals surface area contributed by atoms with Gasteiger partial charge in [-0.2, -0.15) is 5.26 Å². The van der Waals surface area contributed by atoms with Crippen molar-refractivity contribution in [3.63, 3.8) is 0 Å². The zero-order valence-corrected chi connectivity index (χ0v) is 12.5. The largest absolute Gasteiger partial charge is 0.493 e. The van der Waals surface area contributed by atoms with Crippen molar-refractivity contribution in [2.75, 3.05) is 6.61 Å². The van der Waals surface area contributed by atoms with E-state index in [-0.39, 0.29) is 0 Å². The van der Waals surface area contributed by atoms with Crippen LogP contribution in [0.5, 0.6) is 5.75 Å². The van der Waals surface area contributed by atoms with E-state index >= 15 is 0 Å². The third-order valence-electron chi connectivity index (χ3n) is 3.33. The van der Waals surface area contributed by atoms with Gasteiger partial charge in [0.15, 0.2) is 0 Å². The number of rotatable bonds is 8. The zero-order chi connectivity index (χ0) is 14.1. The van der Waals surface area contributed by atoms with E-state index in [0.717, 1.165) is 29.9 Å². The second-order valence-corrected chi connectivity index (χ2v) is 5.17. The van der Waals surface area contributed by atoms with E-state index in [1.54, 1.807) is 0 Å². The van der Waals surface area contributed by atoms with Gasteiger partial charge in [-0.15, -0.1) is 0 Å². The molecule has 0 fully saturated rings. The molecule has 1 aromatic rings. The summed E-state index contributed by atoms with van der Waals surface area (Å²) in [4.78, 5) is 0. The van der Waals surface area contributed by atoms with Gasteiger partial charge in [-0.3, -0.25) is 0 Å². The molecule has 0 spiro atoms. The summed E-state index contributed by atoms with van der Waals surface area (Å²) < 4.78 is 5.86. The predicted octanol–water partition coefficient (Wildman–Crippen LogP) is 4.91. The minimum absolute atomic E-state index is 0.710. The summed E-state index contributed by atoms with van der Waals surface area (Å²) in [5, 5.41) is 8.90. The van der Waals surface area contributed by atoms with Crippen LogP contribution in [0.2, 0.25) is 0 Å². The van der Waals surface area contributed by atoms with Crippen molar-refractivity contribution in [1.29, 1.82) is 5.26 Å². The van der Waals surface area contributed by atoms with Crippen LogP contribution in [0.3, 0.4) is 0 Å². The molecule has 1 rings (SSSR count). The van der Waals surface area contributed by atoms with Crippen molar-refractivity contribution >= 4 is 0 Å². The van der Waals surface area contributed by atoms with Gasteiger partial charge in [0.1, 0.15) is 5.75 Å². The van der Waals surface area contributed by atoms with Crippen molar-refractivity contribution in [3.8, 4) is 11.8 Å². The van der Waals surface area contributed by atoms with E-state index in [2.05, 4.69) is 13.0 Å². The van der Waals surface area contributed by atoms with Gasteiger partial charge in [-0.25, -0.2) is 0 Å². The number of unbranched alkanes of at least 4 members (excludes halogenated alkanes) is 5. The number of benzene rings is 1. The molecule has 0 unspecified atom stereocenters. The van der Waals surface area contributed by atoms with Gasteiger partial charge in [0.05, 0.1) is 18.2 Å². The zero-order valence-electron chi connectivity index (χ0n) is 12.5. The van der Waals surface area contributed by atoms with E-state index in [1.165, 1.54) is 32.1 Å². The molecule has 0 atom stereocenters. The van der Waals surface area contributed by atoms with E-state index in [9.17, 15) is 0 Å². The monoisotopic (exact) mass is 259 g/mol. The summed E-state index contributed by atoms with van der Waals surface area (Å²) >= 11 is 0. The van der Waals surface area contributed by atoms with Gasteiger partial charge in [0.25, 0.3) is 0 Å². The van der Waals surface area contributed by atoms with Crippen LogP contribution in [0.4, 0.5) is 0 Å². The van der Waals surface area contributed by atoms with Gasteiger partial charge < -0.3 is 4.74 Å². The van der Waals surface area contributed by atoms with Crippen LogP contribution in [0, 0.1) is 25.2 Å². The Balaban J connectivity index is 2.36. The van der Waals surface area contributed by atoms with Gasteiger partial charge in [0, 0.05) is 0 Å². The van der Waals surface area contributed by atoms with Crippen LogP contribution < -0.4 is 4.74 Å². The van der Waals surface area contributed by atoms with E-state index in [4.69, 9.17) is 10.00 Å². The minimum atomic E-state index is 0.710. The molecule has 0 aliphatic carbocycles. The van der Waals surface area contributed by atoms with Crippen LogP contribution in [0.15, 0.2) is 12.1 Å². The fraction of sp³-hybridized carbons (Fsp3) is 0.588.